The molecule has 0 aliphatic carbocycles. The lowest BCUT2D eigenvalue weighted by Crippen LogP contribution is -2.21. The van der Waals surface area contributed by atoms with Gasteiger partial charge in [0.1, 0.15) is 12.2 Å². The lowest BCUT2D eigenvalue weighted by atomic mass is 9.98. The zero-order valence-corrected chi connectivity index (χ0v) is 10.5. The van der Waals surface area contributed by atoms with E-state index < -0.39 is 12.2 Å². The standard InChI is InChI=1S/C13H19N3O2/c1-2-3-4-12(18-8-14)13(17)10-6-5-9(15)7-11(10)16/h5-7,12-13,17H,2-4,15-16H2,1H3/t12-,13-/m1/s1. The first-order valence-electron chi connectivity index (χ1n) is 5.97. The summed E-state index contributed by atoms with van der Waals surface area (Å²) in [5, 5.41) is 18.8. The van der Waals surface area contributed by atoms with Gasteiger partial charge in [0.05, 0.1) is 0 Å². The fourth-order valence-electron chi connectivity index (χ4n) is 1.82. The average Bonchev–Trinajstić information content (AvgIpc) is 2.33. The zero-order chi connectivity index (χ0) is 13.5. The molecule has 1 rings (SSSR count). The third-order valence-corrected chi connectivity index (χ3v) is 2.83. The van der Waals surface area contributed by atoms with Crippen LogP contribution in [0.1, 0.15) is 37.9 Å². The van der Waals surface area contributed by atoms with Crippen LogP contribution in [0.5, 0.6) is 0 Å². The number of nitrogens with two attached hydrogens (primary N) is 2. The van der Waals surface area contributed by atoms with Gasteiger partial charge in [0.15, 0.2) is 0 Å². The van der Waals surface area contributed by atoms with Gasteiger partial charge in [0.25, 0.3) is 6.26 Å². The van der Waals surface area contributed by atoms with E-state index in [1.807, 2.05) is 6.92 Å². The van der Waals surface area contributed by atoms with Crippen molar-refractivity contribution < 1.29 is 9.84 Å². The van der Waals surface area contributed by atoms with Crippen molar-refractivity contribution in [2.24, 2.45) is 0 Å². The van der Waals surface area contributed by atoms with E-state index in [2.05, 4.69) is 0 Å². The summed E-state index contributed by atoms with van der Waals surface area (Å²) < 4.78 is 4.91. The lowest BCUT2D eigenvalue weighted by Gasteiger charge is -2.21. The summed E-state index contributed by atoms with van der Waals surface area (Å²) in [5.74, 6) is 0. The van der Waals surface area contributed by atoms with Crippen molar-refractivity contribution in [1.29, 1.82) is 5.26 Å². The summed E-state index contributed by atoms with van der Waals surface area (Å²) in [6, 6.07) is 4.91. The summed E-state index contributed by atoms with van der Waals surface area (Å²) >= 11 is 0. The van der Waals surface area contributed by atoms with Crippen LogP contribution >= 0.6 is 0 Å². The number of nitrogen functional groups attached to an aromatic ring is 2. The third-order valence-electron chi connectivity index (χ3n) is 2.83. The Bertz CT molecular complexity index is 429. The van der Waals surface area contributed by atoms with Gasteiger partial charge in [-0.15, -0.1) is 0 Å². The second-order valence-electron chi connectivity index (χ2n) is 4.22. The monoisotopic (exact) mass is 249 g/mol. The summed E-state index contributed by atoms with van der Waals surface area (Å²) in [4.78, 5) is 0. The molecular formula is C13H19N3O2. The van der Waals surface area contributed by atoms with Crippen molar-refractivity contribution in [2.45, 2.75) is 38.4 Å². The fourth-order valence-corrected chi connectivity index (χ4v) is 1.82. The average molecular weight is 249 g/mol. The summed E-state index contributed by atoms with van der Waals surface area (Å²) in [7, 11) is 0. The highest BCUT2D eigenvalue weighted by molar-refractivity contribution is 5.57. The Hall–Kier alpha value is -1.93. The molecule has 1 aromatic rings. The molecule has 0 fully saturated rings. The van der Waals surface area contributed by atoms with Gasteiger partial charge in [-0.05, 0) is 25.0 Å². The predicted octanol–water partition coefficient (Wildman–Crippen LogP) is 1.94. The van der Waals surface area contributed by atoms with E-state index in [9.17, 15) is 5.11 Å². The Balaban J connectivity index is 2.87. The molecular weight excluding hydrogens is 230 g/mol. The Labute approximate surface area is 107 Å². The van der Waals surface area contributed by atoms with Gasteiger partial charge in [-0.1, -0.05) is 19.4 Å². The third kappa shape index (κ3) is 3.54. The van der Waals surface area contributed by atoms with Crippen molar-refractivity contribution in [3.63, 3.8) is 0 Å². The number of benzene rings is 1. The second kappa shape index (κ2) is 6.72. The number of anilines is 2. The number of ether oxygens (including phenoxy) is 1. The molecule has 0 saturated carbocycles. The first-order chi connectivity index (χ1) is 8.60. The van der Waals surface area contributed by atoms with Gasteiger partial charge in [0, 0.05) is 16.9 Å². The van der Waals surface area contributed by atoms with Gasteiger partial charge in [-0.3, -0.25) is 0 Å². The highest BCUT2D eigenvalue weighted by Crippen LogP contribution is 2.28. The molecule has 5 N–H and O–H groups in total. The van der Waals surface area contributed by atoms with Crippen LogP contribution in [0.15, 0.2) is 18.2 Å². The van der Waals surface area contributed by atoms with Crippen LogP contribution in [0.25, 0.3) is 0 Å². The largest absolute Gasteiger partial charge is 0.421 e. The van der Waals surface area contributed by atoms with Gasteiger partial charge in [-0.25, -0.2) is 0 Å². The predicted molar refractivity (Wildman–Crippen MR) is 70.2 cm³/mol. The van der Waals surface area contributed by atoms with Crippen LogP contribution in [0.3, 0.4) is 0 Å². The molecule has 0 saturated heterocycles. The van der Waals surface area contributed by atoms with Crippen molar-refractivity contribution in [2.75, 3.05) is 11.5 Å². The van der Waals surface area contributed by atoms with Crippen molar-refractivity contribution >= 4 is 11.4 Å². The van der Waals surface area contributed by atoms with Crippen LogP contribution in [0, 0.1) is 11.5 Å². The summed E-state index contributed by atoms with van der Waals surface area (Å²) in [6.45, 7) is 2.04. The normalized spacial score (nSPS) is 13.6. The molecule has 0 aliphatic heterocycles. The topological polar surface area (TPSA) is 105 Å². The van der Waals surface area contributed by atoms with Crippen molar-refractivity contribution in [1.82, 2.24) is 0 Å². The fraction of sp³-hybridized carbons (Fsp3) is 0.462. The van der Waals surface area contributed by atoms with Crippen LogP contribution in [-0.2, 0) is 4.74 Å². The summed E-state index contributed by atoms with van der Waals surface area (Å²) in [5.41, 5.74) is 12.9. The molecule has 0 amide bonds. The van der Waals surface area contributed by atoms with E-state index in [0.717, 1.165) is 12.8 Å². The molecule has 1 aromatic carbocycles. The zero-order valence-electron chi connectivity index (χ0n) is 10.5. The molecule has 0 heterocycles. The number of aliphatic hydroxyl groups excluding tert-OH is 1. The van der Waals surface area contributed by atoms with E-state index in [4.69, 9.17) is 21.5 Å². The van der Waals surface area contributed by atoms with E-state index >= 15 is 0 Å². The molecule has 5 nitrogen and oxygen atoms in total. The Morgan fingerprint density at radius 1 is 1.44 bits per heavy atom. The number of unbranched alkanes of at least 4 members (excludes halogenated alkanes) is 1. The van der Waals surface area contributed by atoms with E-state index in [1.165, 1.54) is 0 Å². The number of aliphatic hydroxyl groups is 1. The van der Waals surface area contributed by atoms with Crippen molar-refractivity contribution in [3.05, 3.63) is 23.8 Å². The summed E-state index contributed by atoms with van der Waals surface area (Å²) in [6.07, 6.45) is 2.59. The molecule has 2 atom stereocenters. The Kier molecular flexibility index (Phi) is 5.28. The maximum absolute atomic E-state index is 10.2. The highest BCUT2D eigenvalue weighted by Gasteiger charge is 2.23. The number of rotatable bonds is 6. The molecule has 0 aromatic heterocycles. The first kappa shape index (κ1) is 14.1. The SMILES string of the molecule is CCCC[C@@H](OC#N)[C@H](O)c1ccc(N)cc1N. The van der Waals surface area contributed by atoms with E-state index in [1.54, 1.807) is 24.5 Å². The minimum absolute atomic E-state index is 0.408. The van der Waals surface area contributed by atoms with Gasteiger partial charge in [0.2, 0.25) is 0 Å². The van der Waals surface area contributed by atoms with Crippen LogP contribution < -0.4 is 11.5 Å². The second-order valence-corrected chi connectivity index (χ2v) is 4.22. The van der Waals surface area contributed by atoms with Crippen LogP contribution in [0.4, 0.5) is 11.4 Å². The number of hydrogen-bond donors (Lipinski definition) is 3. The molecule has 5 heteroatoms. The molecule has 18 heavy (non-hydrogen) atoms. The quantitative estimate of drug-likeness (QED) is 0.527. The Morgan fingerprint density at radius 2 is 2.17 bits per heavy atom. The smallest absolute Gasteiger partial charge is 0.286 e. The Morgan fingerprint density at radius 3 is 2.72 bits per heavy atom. The van der Waals surface area contributed by atoms with Crippen molar-refractivity contribution in [3.8, 4) is 6.26 Å². The molecule has 0 radical (unpaired) electrons. The molecule has 0 bridgehead atoms. The van der Waals surface area contributed by atoms with Gasteiger partial charge < -0.3 is 21.3 Å². The lowest BCUT2D eigenvalue weighted by molar-refractivity contribution is 0.00990. The minimum atomic E-state index is -0.920. The maximum Gasteiger partial charge on any atom is 0.286 e. The molecule has 98 valence electrons. The molecule has 0 spiro atoms. The molecule has 0 aliphatic rings. The number of nitriles is 1. The highest BCUT2D eigenvalue weighted by atomic mass is 16.5. The number of nitrogens with zero attached hydrogens (tertiary/aromatic N) is 1. The first-order valence-corrected chi connectivity index (χ1v) is 5.97. The maximum atomic E-state index is 10.2. The van der Waals surface area contributed by atoms with Gasteiger partial charge >= 0.3 is 0 Å². The van der Waals surface area contributed by atoms with Crippen LogP contribution in [0.2, 0.25) is 0 Å². The van der Waals surface area contributed by atoms with Crippen LogP contribution in [-0.4, -0.2) is 11.2 Å². The van der Waals surface area contributed by atoms with Gasteiger partial charge in [-0.2, -0.15) is 5.26 Å². The van der Waals surface area contributed by atoms with E-state index in [-0.39, 0.29) is 0 Å². The number of hydrogen-bond acceptors (Lipinski definition) is 5. The molecule has 0 unspecified atom stereocenters. The van der Waals surface area contributed by atoms with E-state index in [0.29, 0.717) is 23.4 Å². The minimum Gasteiger partial charge on any atom is -0.421 e.